The van der Waals surface area contributed by atoms with E-state index < -0.39 is 0 Å². The van der Waals surface area contributed by atoms with Gasteiger partial charge in [-0.15, -0.1) is 11.3 Å². The Kier molecular flexibility index (Phi) is 2.97. The Bertz CT molecular complexity index is 507. The summed E-state index contributed by atoms with van der Waals surface area (Å²) in [4.78, 5) is 12.5. The van der Waals surface area contributed by atoms with Gasteiger partial charge < -0.3 is 11.1 Å². The zero-order valence-corrected chi connectivity index (χ0v) is 10.9. The molecule has 0 aliphatic carbocycles. The maximum absolute atomic E-state index is 5.75. The molecule has 0 saturated heterocycles. The van der Waals surface area contributed by atoms with Crippen LogP contribution in [-0.2, 0) is 5.54 Å². The fraction of sp³-hybridized carbons (Fsp3) is 0.364. The molecule has 0 spiro atoms. The van der Waals surface area contributed by atoms with Crippen molar-refractivity contribution in [2.45, 2.75) is 26.3 Å². The maximum Gasteiger partial charge on any atom is 0.135 e. The van der Waals surface area contributed by atoms with Crippen molar-refractivity contribution >= 4 is 23.0 Å². The summed E-state index contributed by atoms with van der Waals surface area (Å²) in [5.41, 5.74) is 6.33. The molecular formula is C11H15N5S. The minimum Gasteiger partial charge on any atom is -0.383 e. The number of hydrogen-bond donors (Lipinski definition) is 2. The molecule has 6 heteroatoms. The maximum atomic E-state index is 5.75. The Morgan fingerprint density at radius 3 is 2.71 bits per heavy atom. The van der Waals surface area contributed by atoms with E-state index in [9.17, 15) is 0 Å². The molecule has 0 saturated carbocycles. The highest BCUT2D eigenvalue weighted by molar-refractivity contribution is 7.09. The van der Waals surface area contributed by atoms with Gasteiger partial charge in [0.05, 0.1) is 5.54 Å². The van der Waals surface area contributed by atoms with E-state index in [0.717, 1.165) is 16.4 Å². The fourth-order valence-corrected chi connectivity index (χ4v) is 2.19. The van der Waals surface area contributed by atoms with E-state index in [1.807, 2.05) is 12.3 Å². The van der Waals surface area contributed by atoms with E-state index in [-0.39, 0.29) is 5.54 Å². The van der Waals surface area contributed by atoms with E-state index in [1.165, 1.54) is 6.33 Å². The van der Waals surface area contributed by atoms with Crippen LogP contribution in [0.4, 0.5) is 11.6 Å². The molecule has 0 aromatic carbocycles. The highest BCUT2D eigenvalue weighted by atomic mass is 32.1. The van der Waals surface area contributed by atoms with Crippen LogP contribution < -0.4 is 11.1 Å². The molecule has 3 N–H and O–H groups in total. The molecule has 0 radical (unpaired) electrons. The Morgan fingerprint density at radius 1 is 1.29 bits per heavy atom. The standard InChI is InChI=1S/C11H15N5S/c1-7-8(12)14-6-15-9(7)16-11(2,3)10-13-4-5-17-10/h4-6H,1-3H3,(H3,12,14,15,16). The minimum absolute atomic E-state index is 0.278. The number of nitrogen functional groups attached to an aromatic ring is 1. The summed E-state index contributed by atoms with van der Waals surface area (Å²) in [7, 11) is 0. The van der Waals surface area contributed by atoms with E-state index >= 15 is 0 Å². The van der Waals surface area contributed by atoms with Crippen LogP contribution in [-0.4, -0.2) is 15.0 Å². The molecule has 0 bridgehead atoms. The van der Waals surface area contributed by atoms with Crippen LogP contribution in [0.1, 0.15) is 24.4 Å². The fourth-order valence-electron chi connectivity index (χ4n) is 1.47. The Labute approximate surface area is 104 Å². The second kappa shape index (κ2) is 4.29. The van der Waals surface area contributed by atoms with Crippen molar-refractivity contribution in [1.82, 2.24) is 15.0 Å². The van der Waals surface area contributed by atoms with Gasteiger partial charge in [-0.3, -0.25) is 0 Å². The van der Waals surface area contributed by atoms with Gasteiger partial charge in [0.1, 0.15) is 23.0 Å². The summed E-state index contributed by atoms with van der Waals surface area (Å²) >= 11 is 1.61. The summed E-state index contributed by atoms with van der Waals surface area (Å²) in [5, 5.41) is 6.31. The topological polar surface area (TPSA) is 76.7 Å². The summed E-state index contributed by atoms with van der Waals surface area (Å²) in [5.74, 6) is 1.25. The first kappa shape index (κ1) is 11.8. The molecule has 90 valence electrons. The number of rotatable bonds is 3. The largest absolute Gasteiger partial charge is 0.383 e. The van der Waals surface area contributed by atoms with Gasteiger partial charge in [0.15, 0.2) is 0 Å². The van der Waals surface area contributed by atoms with Crippen molar-refractivity contribution in [2.75, 3.05) is 11.1 Å². The van der Waals surface area contributed by atoms with Gasteiger partial charge in [-0.25, -0.2) is 15.0 Å². The number of aromatic nitrogens is 3. The van der Waals surface area contributed by atoms with Crippen LogP contribution in [0.2, 0.25) is 0 Å². The second-order valence-electron chi connectivity index (χ2n) is 4.32. The van der Waals surface area contributed by atoms with Crippen LogP contribution in [0.5, 0.6) is 0 Å². The number of nitrogens with one attached hydrogen (secondary N) is 1. The van der Waals surface area contributed by atoms with Crippen LogP contribution in [0.25, 0.3) is 0 Å². The third-order valence-electron chi connectivity index (χ3n) is 2.52. The lowest BCUT2D eigenvalue weighted by Crippen LogP contribution is -2.28. The zero-order valence-electron chi connectivity index (χ0n) is 10.1. The first-order valence-corrected chi connectivity index (χ1v) is 6.14. The van der Waals surface area contributed by atoms with E-state index in [2.05, 4.69) is 34.1 Å². The van der Waals surface area contributed by atoms with Crippen LogP contribution in [0.15, 0.2) is 17.9 Å². The number of anilines is 2. The summed E-state index contributed by atoms with van der Waals surface area (Å²) in [6.45, 7) is 6.02. The van der Waals surface area contributed by atoms with Crippen LogP contribution >= 0.6 is 11.3 Å². The van der Waals surface area contributed by atoms with Crippen molar-refractivity contribution in [3.63, 3.8) is 0 Å². The van der Waals surface area contributed by atoms with Crippen molar-refractivity contribution in [1.29, 1.82) is 0 Å². The summed E-state index contributed by atoms with van der Waals surface area (Å²) < 4.78 is 0. The quantitative estimate of drug-likeness (QED) is 0.871. The number of nitrogens with zero attached hydrogens (tertiary/aromatic N) is 3. The number of hydrogen-bond acceptors (Lipinski definition) is 6. The normalized spacial score (nSPS) is 11.5. The van der Waals surface area contributed by atoms with Gasteiger partial charge in [0.25, 0.3) is 0 Å². The monoisotopic (exact) mass is 249 g/mol. The molecule has 0 atom stereocenters. The molecule has 2 aromatic heterocycles. The van der Waals surface area contributed by atoms with Gasteiger partial charge >= 0.3 is 0 Å². The third kappa shape index (κ3) is 2.36. The van der Waals surface area contributed by atoms with Crippen LogP contribution in [0, 0.1) is 6.92 Å². The van der Waals surface area contributed by atoms with Gasteiger partial charge in [0.2, 0.25) is 0 Å². The lowest BCUT2D eigenvalue weighted by Gasteiger charge is -2.25. The highest BCUT2D eigenvalue weighted by Gasteiger charge is 2.24. The van der Waals surface area contributed by atoms with Crippen molar-refractivity contribution in [3.8, 4) is 0 Å². The predicted molar refractivity (Wildman–Crippen MR) is 69.9 cm³/mol. The molecule has 0 amide bonds. The Morgan fingerprint density at radius 2 is 2.06 bits per heavy atom. The molecule has 0 aliphatic rings. The third-order valence-corrected chi connectivity index (χ3v) is 3.62. The van der Waals surface area contributed by atoms with Gasteiger partial charge in [-0.05, 0) is 20.8 Å². The first-order chi connectivity index (χ1) is 8.00. The average Bonchev–Trinajstić information content (AvgIpc) is 2.78. The van der Waals surface area contributed by atoms with Crippen LogP contribution in [0.3, 0.4) is 0 Å². The first-order valence-electron chi connectivity index (χ1n) is 5.26. The predicted octanol–water partition coefficient (Wildman–Crippen LogP) is 2.17. The molecule has 2 heterocycles. The minimum atomic E-state index is -0.278. The van der Waals surface area contributed by atoms with Crippen molar-refractivity contribution < 1.29 is 0 Å². The number of nitrogens with two attached hydrogens (primary N) is 1. The number of thiazole rings is 1. The second-order valence-corrected chi connectivity index (χ2v) is 5.21. The molecule has 2 rings (SSSR count). The van der Waals surface area contributed by atoms with E-state index in [0.29, 0.717) is 5.82 Å². The van der Waals surface area contributed by atoms with Gasteiger partial charge in [0, 0.05) is 17.1 Å². The molecule has 0 aliphatic heterocycles. The van der Waals surface area contributed by atoms with E-state index in [4.69, 9.17) is 5.73 Å². The van der Waals surface area contributed by atoms with Crippen molar-refractivity contribution in [3.05, 3.63) is 28.5 Å². The Balaban J connectivity index is 2.29. The van der Waals surface area contributed by atoms with Gasteiger partial charge in [-0.1, -0.05) is 0 Å². The SMILES string of the molecule is Cc1c(N)ncnc1NC(C)(C)c1nccs1. The molecule has 17 heavy (non-hydrogen) atoms. The Hall–Kier alpha value is -1.69. The lowest BCUT2D eigenvalue weighted by molar-refractivity contribution is 0.600. The zero-order chi connectivity index (χ0) is 12.5. The molecule has 5 nitrogen and oxygen atoms in total. The van der Waals surface area contributed by atoms with Gasteiger partial charge in [-0.2, -0.15) is 0 Å². The summed E-state index contributed by atoms with van der Waals surface area (Å²) in [6.07, 6.45) is 3.26. The lowest BCUT2D eigenvalue weighted by atomic mass is 10.1. The molecule has 0 unspecified atom stereocenters. The smallest absolute Gasteiger partial charge is 0.135 e. The molecule has 2 aromatic rings. The average molecular weight is 249 g/mol. The molecule has 0 fully saturated rings. The molecular weight excluding hydrogens is 234 g/mol. The van der Waals surface area contributed by atoms with E-state index in [1.54, 1.807) is 17.5 Å². The van der Waals surface area contributed by atoms with Crippen molar-refractivity contribution in [2.24, 2.45) is 0 Å². The summed E-state index contributed by atoms with van der Waals surface area (Å²) in [6, 6.07) is 0. The highest BCUT2D eigenvalue weighted by Crippen LogP contribution is 2.28.